The molecule has 1 aliphatic carbocycles. The number of hydrogen-bond donors (Lipinski definition) is 1. The van der Waals surface area contributed by atoms with Crippen LogP contribution in [-0.4, -0.2) is 18.9 Å². The molecule has 20 heavy (non-hydrogen) atoms. The molecule has 1 aliphatic rings. The standard InChI is InChI=1S/C15H20F3NO/c1-2-19-12-7-5-6-11(10-12)13-8-3-4-9-14(13)20-15(16,17)18/h3-4,8-9,11-12,19H,2,5-7,10H2,1H3. The van der Waals surface area contributed by atoms with Gasteiger partial charge in [-0.15, -0.1) is 13.2 Å². The summed E-state index contributed by atoms with van der Waals surface area (Å²) in [6, 6.07) is 6.89. The summed E-state index contributed by atoms with van der Waals surface area (Å²) in [5, 5.41) is 3.39. The molecule has 0 aliphatic heterocycles. The van der Waals surface area contributed by atoms with E-state index in [-0.39, 0.29) is 11.7 Å². The van der Waals surface area contributed by atoms with E-state index in [0.29, 0.717) is 11.6 Å². The third-order valence-corrected chi connectivity index (χ3v) is 3.75. The predicted octanol–water partition coefficient (Wildman–Crippen LogP) is 4.22. The molecule has 2 atom stereocenters. The Labute approximate surface area is 117 Å². The van der Waals surface area contributed by atoms with Gasteiger partial charge in [0.2, 0.25) is 0 Å². The zero-order valence-corrected chi connectivity index (χ0v) is 11.5. The summed E-state index contributed by atoms with van der Waals surface area (Å²) in [5.74, 6) is 0.0773. The van der Waals surface area contributed by atoms with Crippen LogP contribution in [-0.2, 0) is 0 Å². The maximum Gasteiger partial charge on any atom is 0.573 e. The molecule has 1 N–H and O–H groups in total. The van der Waals surface area contributed by atoms with Gasteiger partial charge in [0, 0.05) is 6.04 Å². The Morgan fingerprint density at radius 3 is 2.70 bits per heavy atom. The van der Waals surface area contributed by atoms with Gasteiger partial charge in [-0.2, -0.15) is 0 Å². The Balaban J connectivity index is 2.15. The number of ether oxygens (including phenoxy) is 1. The van der Waals surface area contributed by atoms with Gasteiger partial charge in [0.15, 0.2) is 0 Å². The quantitative estimate of drug-likeness (QED) is 0.895. The normalized spacial score (nSPS) is 23.6. The van der Waals surface area contributed by atoms with Crippen molar-refractivity contribution < 1.29 is 17.9 Å². The first-order valence-electron chi connectivity index (χ1n) is 7.07. The van der Waals surface area contributed by atoms with E-state index in [9.17, 15) is 13.2 Å². The van der Waals surface area contributed by atoms with Crippen LogP contribution in [0, 0.1) is 0 Å². The highest BCUT2D eigenvalue weighted by molar-refractivity contribution is 5.36. The summed E-state index contributed by atoms with van der Waals surface area (Å²) < 4.78 is 41.5. The molecule has 1 aromatic carbocycles. The highest BCUT2D eigenvalue weighted by atomic mass is 19.4. The van der Waals surface area contributed by atoms with Gasteiger partial charge in [-0.05, 0) is 43.4 Å². The van der Waals surface area contributed by atoms with Gasteiger partial charge in [-0.25, -0.2) is 0 Å². The largest absolute Gasteiger partial charge is 0.573 e. The van der Waals surface area contributed by atoms with E-state index in [0.717, 1.165) is 32.2 Å². The number of para-hydroxylation sites is 1. The minimum Gasteiger partial charge on any atom is -0.405 e. The fraction of sp³-hybridized carbons (Fsp3) is 0.600. The number of rotatable bonds is 4. The van der Waals surface area contributed by atoms with Crippen molar-refractivity contribution in [3.63, 3.8) is 0 Å². The summed E-state index contributed by atoms with van der Waals surface area (Å²) in [6.45, 7) is 2.93. The lowest BCUT2D eigenvalue weighted by Crippen LogP contribution is -2.33. The molecule has 1 fully saturated rings. The number of benzene rings is 1. The lowest BCUT2D eigenvalue weighted by molar-refractivity contribution is -0.275. The van der Waals surface area contributed by atoms with Crippen molar-refractivity contribution in [1.29, 1.82) is 0 Å². The minimum atomic E-state index is -4.63. The van der Waals surface area contributed by atoms with Crippen molar-refractivity contribution >= 4 is 0 Å². The molecule has 1 saturated carbocycles. The molecule has 2 rings (SSSR count). The predicted molar refractivity (Wildman–Crippen MR) is 71.8 cm³/mol. The highest BCUT2D eigenvalue weighted by Crippen LogP contribution is 2.39. The van der Waals surface area contributed by atoms with E-state index >= 15 is 0 Å². The summed E-state index contributed by atoms with van der Waals surface area (Å²) in [6.07, 6.45) is -0.729. The van der Waals surface area contributed by atoms with E-state index in [1.54, 1.807) is 18.2 Å². The lowest BCUT2D eigenvalue weighted by Gasteiger charge is -2.31. The van der Waals surface area contributed by atoms with Crippen LogP contribution < -0.4 is 10.1 Å². The first-order valence-corrected chi connectivity index (χ1v) is 7.07. The SMILES string of the molecule is CCNC1CCCC(c2ccccc2OC(F)(F)F)C1. The molecule has 0 aromatic heterocycles. The van der Waals surface area contributed by atoms with Crippen LogP contribution in [0.25, 0.3) is 0 Å². The van der Waals surface area contributed by atoms with E-state index in [2.05, 4.69) is 10.1 Å². The van der Waals surface area contributed by atoms with Gasteiger partial charge in [0.1, 0.15) is 5.75 Å². The van der Waals surface area contributed by atoms with Gasteiger partial charge in [-0.3, -0.25) is 0 Å². The summed E-state index contributed by atoms with van der Waals surface area (Å²) in [5.41, 5.74) is 0.674. The molecule has 2 unspecified atom stereocenters. The van der Waals surface area contributed by atoms with Crippen molar-refractivity contribution in [2.45, 2.75) is 50.9 Å². The molecular weight excluding hydrogens is 267 g/mol. The second-order valence-corrected chi connectivity index (χ2v) is 5.20. The number of hydrogen-bond acceptors (Lipinski definition) is 2. The Morgan fingerprint density at radius 1 is 1.25 bits per heavy atom. The molecule has 0 radical (unpaired) electrons. The van der Waals surface area contributed by atoms with Crippen LogP contribution in [0.15, 0.2) is 24.3 Å². The van der Waals surface area contributed by atoms with E-state index in [1.165, 1.54) is 6.07 Å². The van der Waals surface area contributed by atoms with Gasteiger partial charge in [-0.1, -0.05) is 31.5 Å². The van der Waals surface area contributed by atoms with E-state index in [4.69, 9.17) is 0 Å². The van der Waals surface area contributed by atoms with Crippen LogP contribution in [0.3, 0.4) is 0 Å². The molecule has 2 nitrogen and oxygen atoms in total. The number of nitrogens with one attached hydrogen (secondary N) is 1. The highest BCUT2D eigenvalue weighted by Gasteiger charge is 2.33. The molecule has 1 aromatic rings. The Bertz CT molecular complexity index is 431. The summed E-state index contributed by atoms with van der Waals surface area (Å²) >= 11 is 0. The van der Waals surface area contributed by atoms with Crippen LogP contribution in [0.5, 0.6) is 5.75 Å². The summed E-state index contributed by atoms with van der Waals surface area (Å²) in [7, 11) is 0. The fourth-order valence-corrected chi connectivity index (χ4v) is 2.98. The Morgan fingerprint density at radius 2 is 2.00 bits per heavy atom. The molecule has 112 valence electrons. The Kier molecular flexibility index (Phi) is 4.91. The first kappa shape index (κ1) is 15.2. The smallest absolute Gasteiger partial charge is 0.405 e. The average molecular weight is 287 g/mol. The van der Waals surface area contributed by atoms with Crippen LogP contribution in [0.4, 0.5) is 13.2 Å². The molecule has 0 amide bonds. The van der Waals surface area contributed by atoms with Crippen molar-refractivity contribution in [1.82, 2.24) is 5.32 Å². The van der Waals surface area contributed by atoms with Crippen LogP contribution in [0.2, 0.25) is 0 Å². The first-order chi connectivity index (χ1) is 9.49. The maximum atomic E-state index is 12.5. The van der Waals surface area contributed by atoms with Crippen molar-refractivity contribution in [2.24, 2.45) is 0 Å². The van der Waals surface area contributed by atoms with E-state index < -0.39 is 6.36 Å². The molecular formula is C15H20F3NO. The van der Waals surface area contributed by atoms with Crippen LogP contribution >= 0.6 is 0 Å². The monoisotopic (exact) mass is 287 g/mol. The molecule has 5 heteroatoms. The fourth-order valence-electron chi connectivity index (χ4n) is 2.98. The third kappa shape index (κ3) is 4.13. The second kappa shape index (κ2) is 6.48. The average Bonchev–Trinajstić information content (AvgIpc) is 2.38. The van der Waals surface area contributed by atoms with Crippen molar-refractivity contribution in [2.75, 3.05) is 6.54 Å². The molecule has 0 saturated heterocycles. The molecule has 0 heterocycles. The second-order valence-electron chi connectivity index (χ2n) is 5.20. The molecule has 0 bridgehead atoms. The summed E-state index contributed by atoms with van der Waals surface area (Å²) in [4.78, 5) is 0. The van der Waals surface area contributed by atoms with Crippen molar-refractivity contribution in [3.05, 3.63) is 29.8 Å². The van der Waals surface area contributed by atoms with E-state index in [1.807, 2.05) is 6.92 Å². The number of halogens is 3. The number of alkyl halides is 3. The molecule has 0 spiro atoms. The van der Waals surface area contributed by atoms with Crippen LogP contribution in [0.1, 0.15) is 44.1 Å². The Hall–Kier alpha value is -1.23. The topological polar surface area (TPSA) is 21.3 Å². The van der Waals surface area contributed by atoms with Gasteiger partial charge in [0.05, 0.1) is 0 Å². The zero-order chi connectivity index (χ0) is 14.6. The lowest BCUT2D eigenvalue weighted by atomic mass is 9.81. The maximum absolute atomic E-state index is 12.5. The third-order valence-electron chi connectivity index (χ3n) is 3.75. The minimum absolute atomic E-state index is 0.0536. The van der Waals surface area contributed by atoms with Gasteiger partial charge >= 0.3 is 6.36 Å². The zero-order valence-electron chi connectivity index (χ0n) is 11.5. The van der Waals surface area contributed by atoms with Crippen molar-refractivity contribution in [3.8, 4) is 5.75 Å². The van der Waals surface area contributed by atoms with Gasteiger partial charge < -0.3 is 10.1 Å². The van der Waals surface area contributed by atoms with Gasteiger partial charge in [0.25, 0.3) is 0 Å².